The van der Waals surface area contributed by atoms with E-state index in [0.29, 0.717) is 11.4 Å². The Bertz CT molecular complexity index is 834. The van der Waals surface area contributed by atoms with Crippen LogP contribution >= 0.6 is 15.9 Å². The highest BCUT2D eigenvalue weighted by Gasteiger charge is 2.11. The average molecular weight is 376 g/mol. The molecule has 0 saturated carbocycles. The molecular formula is C15H11BrFN5O. The van der Waals surface area contributed by atoms with Crippen molar-refractivity contribution < 1.29 is 9.18 Å². The van der Waals surface area contributed by atoms with Crippen molar-refractivity contribution in [2.75, 3.05) is 0 Å². The highest BCUT2D eigenvalue weighted by atomic mass is 79.9. The average Bonchev–Trinajstić information content (AvgIpc) is 3.02. The Morgan fingerprint density at radius 2 is 2.00 bits per heavy atom. The van der Waals surface area contributed by atoms with Crippen LogP contribution < -0.4 is 5.32 Å². The van der Waals surface area contributed by atoms with Crippen LogP contribution in [0.25, 0.3) is 5.69 Å². The fourth-order valence-corrected chi connectivity index (χ4v) is 2.37. The third kappa shape index (κ3) is 3.59. The Kier molecular flexibility index (Phi) is 4.42. The number of carbonyl (C=O) groups is 1. The lowest BCUT2D eigenvalue weighted by Gasteiger charge is -2.07. The van der Waals surface area contributed by atoms with Crippen molar-refractivity contribution in [1.82, 2.24) is 25.5 Å². The zero-order valence-electron chi connectivity index (χ0n) is 11.8. The van der Waals surface area contributed by atoms with Crippen molar-refractivity contribution in [2.45, 2.75) is 6.54 Å². The van der Waals surface area contributed by atoms with E-state index in [-0.39, 0.29) is 18.3 Å². The minimum absolute atomic E-state index is 0.149. The molecule has 3 rings (SSSR count). The molecule has 8 heteroatoms. The summed E-state index contributed by atoms with van der Waals surface area (Å²) in [6.45, 7) is 0.149. The second-order valence-corrected chi connectivity index (χ2v) is 5.59. The lowest BCUT2D eigenvalue weighted by Crippen LogP contribution is -2.24. The molecule has 0 spiro atoms. The van der Waals surface area contributed by atoms with Crippen LogP contribution in [0.15, 0.2) is 53.0 Å². The predicted molar refractivity (Wildman–Crippen MR) is 84.4 cm³/mol. The van der Waals surface area contributed by atoms with Crippen LogP contribution in [0.1, 0.15) is 16.2 Å². The topological polar surface area (TPSA) is 72.7 Å². The molecule has 1 heterocycles. The first kappa shape index (κ1) is 15.3. The van der Waals surface area contributed by atoms with Crippen molar-refractivity contribution in [3.05, 3.63) is 70.2 Å². The maximum atomic E-state index is 12.9. The van der Waals surface area contributed by atoms with Crippen LogP contribution in [0, 0.1) is 5.82 Å². The summed E-state index contributed by atoms with van der Waals surface area (Å²) in [6.07, 6.45) is 0. The smallest absolute Gasteiger partial charge is 0.251 e. The number of nitrogens with zero attached hydrogens (tertiary/aromatic N) is 4. The number of amides is 1. The molecule has 0 radical (unpaired) electrons. The van der Waals surface area contributed by atoms with Gasteiger partial charge in [-0.15, -0.1) is 5.10 Å². The first-order valence-electron chi connectivity index (χ1n) is 6.70. The number of hydrogen-bond acceptors (Lipinski definition) is 4. The minimum atomic E-state index is -0.389. The van der Waals surface area contributed by atoms with Gasteiger partial charge in [-0.25, -0.2) is 4.39 Å². The molecule has 6 nitrogen and oxygen atoms in total. The van der Waals surface area contributed by atoms with Crippen molar-refractivity contribution in [1.29, 1.82) is 0 Å². The Morgan fingerprint density at radius 1 is 1.22 bits per heavy atom. The van der Waals surface area contributed by atoms with Gasteiger partial charge in [0.05, 0.1) is 12.2 Å². The van der Waals surface area contributed by atoms with Crippen LogP contribution in [0.2, 0.25) is 0 Å². The lowest BCUT2D eigenvalue weighted by atomic mass is 10.2. The molecule has 1 amide bonds. The van der Waals surface area contributed by atoms with Gasteiger partial charge < -0.3 is 5.32 Å². The third-order valence-electron chi connectivity index (χ3n) is 3.10. The molecule has 0 fully saturated rings. The van der Waals surface area contributed by atoms with E-state index < -0.39 is 0 Å². The molecule has 0 bridgehead atoms. The predicted octanol–water partition coefficient (Wildman–Crippen LogP) is 2.49. The van der Waals surface area contributed by atoms with Gasteiger partial charge in [-0.05, 0) is 52.9 Å². The Hall–Kier alpha value is -2.61. The SMILES string of the molecule is O=C(NCc1nnnn1-c1cccc(Br)c1)c1ccc(F)cc1. The van der Waals surface area contributed by atoms with Gasteiger partial charge in [0.1, 0.15) is 5.82 Å². The number of carbonyl (C=O) groups excluding carboxylic acids is 1. The molecule has 0 atom stereocenters. The summed E-state index contributed by atoms with van der Waals surface area (Å²) in [6, 6.07) is 12.8. The molecule has 0 aliphatic rings. The summed E-state index contributed by atoms with van der Waals surface area (Å²) in [5, 5.41) is 14.2. The number of nitrogens with one attached hydrogen (secondary N) is 1. The van der Waals surface area contributed by atoms with Gasteiger partial charge in [0.25, 0.3) is 5.91 Å². The molecule has 2 aromatic carbocycles. The van der Waals surface area contributed by atoms with Gasteiger partial charge in [-0.1, -0.05) is 22.0 Å². The summed E-state index contributed by atoms with van der Waals surface area (Å²) < 4.78 is 15.3. The summed E-state index contributed by atoms with van der Waals surface area (Å²) in [7, 11) is 0. The van der Waals surface area contributed by atoms with Gasteiger partial charge in [0.15, 0.2) is 5.82 Å². The van der Waals surface area contributed by atoms with Crippen molar-refractivity contribution >= 4 is 21.8 Å². The van der Waals surface area contributed by atoms with Gasteiger partial charge in [-0.3, -0.25) is 4.79 Å². The number of benzene rings is 2. The standard InChI is InChI=1S/C15H11BrFN5O/c16-11-2-1-3-13(8-11)22-14(19-20-21-22)9-18-15(23)10-4-6-12(17)7-5-10/h1-8H,9H2,(H,18,23). The van der Waals surface area contributed by atoms with E-state index in [4.69, 9.17) is 0 Å². The summed E-state index contributed by atoms with van der Waals surface area (Å²) >= 11 is 3.39. The number of rotatable bonds is 4. The van der Waals surface area contributed by atoms with Crippen molar-refractivity contribution in [3.8, 4) is 5.69 Å². The zero-order chi connectivity index (χ0) is 16.2. The molecule has 0 saturated heterocycles. The highest BCUT2D eigenvalue weighted by molar-refractivity contribution is 9.10. The van der Waals surface area contributed by atoms with Gasteiger partial charge in [0, 0.05) is 10.0 Å². The summed E-state index contributed by atoms with van der Waals surface area (Å²) in [5.41, 5.74) is 1.14. The molecule has 0 unspecified atom stereocenters. The summed E-state index contributed by atoms with van der Waals surface area (Å²) in [4.78, 5) is 12.0. The number of hydrogen-bond donors (Lipinski definition) is 1. The maximum absolute atomic E-state index is 12.9. The fourth-order valence-electron chi connectivity index (χ4n) is 1.99. The second-order valence-electron chi connectivity index (χ2n) is 4.68. The van der Waals surface area contributed by atoms with Crippen molar-refractivity contribution in [3.63, 3.8) is 0 Å². The number of aromatic nitrogens is 4. The van der Waals surface area contributed by atoms with Crippen LogP contribution in [0.3, 0.4) is 0 Å². The Labute approximate surface area is 139 Å². The first-order valence-corrected chi connectivity index (χ1v) is 7.50. The molecule has 23 heavy (non-hydrogen) atoms. The molecule has 0 aliphatic heterocycles. The first-order chi connectivity index (χ1) is 11.1. The van der Waals surface area contributed by atoms with Crippen LogP contribution in [-0.2, 0) is 6.54 Å². The van der Waals surface area contributed by atoms with Crippen LogP contribution in [0.5, 0.6) is 0 Å². The molecule has 0 aliphatic carbocycles. The highest BCUT2D eigenvalue weighted by Crippen LogP contribution is 2.15. The van der Waals surface area contributed by atoms with E-state index in [9.17, 15) is 9.18 Å². The molecule has 3 aromatic rings. The second kappa shape index (κ2) is 6.66. The van der Waals surface area contributed by atoms with E-state index in [1.807, 2.05) is 24.3 Å². The van der Waals surface area contributed by atoms with Gasteiger partial charge in [0.2, 0.25) is 0 Å². The molecule has 1 N–H and O–H groups in total. The van der Waals surface area contributed by atoms with Crippen LogP contribution in [0.4, 0.5) is 4.39 Å². The quantitative estimate of drug-likeness (QED) is 0.760. The Balaban J connectivity index is 1.73. The Morgan fingerprint density at radius 3 is 2.74 bits per heavy atom. The lowest BCUT2D eigenvalue weighted by molar-refractivity contribution is 0.0949. The largest absolute Gasteiger partial charge is 0.345 e. The van der Waals surface area contributed by atoms with Gasteiger partial charge in [-0.2, -0.15) is 4.68 Å². The monoisotopic (exact) mass is 375 g/mol. The van der Waals surface area contributed by atoms with E-state index in [2.05, 4.69) is 36.8 Å². The molecular weight excluding hydrogens is 365 g/mol. The summed E-state index contributed by atoms with van der Waals surface area (Å²) in [5.74, 6) is -0.229. The van der Waals surface area contributed by atoms with E-state index in [1.54, 1.807) is 0 Å². The number of tetrazole rings is 1. The van der Waals surface area contributed by atoms with E-state index in [1.165, 1.54) is 28.9 Å². The number of halogens is 2. The molecule has 116 valence electrons. The molecule has 1 aromatic heterocycles. The van der Waals surface area contributed by atoms with Crippen molar-refractivity contribution in [2.24, 2.45) is 0 Å². The normalized spacial score (nSPS) is 10.5. The van der Waals surface area contributed by atoms with E-state index >= 15 is 0 Å². The van der Waals surface area contributed by atoms with Crippen LogP contribution in [-0.4, -0.2) is 26.1 Å². The fraction of sp³-hybridized carbons (Fsp3) is 0.0667. The van der Waals surface area contributed by atoms with E-state index in [0.717, 1.165) is 10.2 Å². The minimum Gasteiger partial charge on any atom is -0.345 e. The maximum Gasteiger partial charge on any atom is 0.251 e. The van der Waals surface area contributed by atoms with Gasteiger partial charge >= 0.3 is 0 Å². The zero-order valence-corrected chi connectivity index (χ0v) is 13.4. The third-order valence-corrected chi connectivity index (χ3v) is 3.59.